The Kier molecular flexibility index (Phi) is 8.15. The number of esters is 1. The second kappa shape index (κ2) is 11.7. The Hall–Kier alpha value is -4.24. The molecule has 190 valence electrons. The number of amides is 2. The number of benzene rings is 3. The Labute approximate surface area is 218 Å². The number of hydrogen-bond donors (Lipinski definition) is 0. The number of hydrogen-bond acceptors (Lipinski definition) is 8. The molecular weight excluding hydrogens is 494 g/mol. The largest absolute Gasteiger partial charge is 0.493 e. The van der Waals surface area contributed by atoms with E-state index in [0.717, 1.165) is 22.2 Å². The van der Waals surface area contributed by atoms with Gasteiger partial charge >= 0.3 is 5.97 Å². The van der Waals surface area contributed by atoms with Crippen molar-refractivity contribution >= 4 is 35.0 Å². The van der Waals surface area contributed by atoms with Gasteiger partial charge in [-0.15, -0.1) is 0 Å². The van der Waals surface area contributed by atoms with Gasteiger partial charge in [-0.25, -0.2) is 4.79 Å². The predicted octanol–water partition coefficient (Wildman–Crippen LogP) is 5.35. The fourth-order valence-electron chi connectivity index (χ4n) is 3.54. The summed E-state index contributed by atoms with van der Waals surface area (Å²) in [5, 5.41) is -0.389. The molecule has 37 heavy (non-hydrogen) atoms. The van der Waals surface area contributed by atoms with Crippen LogP contribution in [-0.2, 0) is 4.79 Å². The van der Waals surface area contributed by atoms with Crippen molar-refractivity contribution in [2.45, 2.75) is 6.92 Å². The predicted molar refractivity (Wildman–Crippen MR) is 140 cm³/mol. The average Bonchev–Trinajstić information content (AvgIpc) is 3.16. The maximum absolute atomic E-state index is 12.9. The number of nitrogens with zero attached hydrogens (tertiary/aromatic N) is 1. The molecule has 0 atom stereocenters. The van der Waals surface area contributed by atoms with Gasteiger partial charge in [-0.3, -0.25) is 14.5 Å². The van der Waals surface area contributed by atoms with Crippen molar-refractivity contribution in [1.82, 2.24) is 4.90 Å². The molecule has 0 unspecified atom stereocenters. The molecule has 0 N–H and O–H groups in total. The highest BCUT2D eigenvalue weighted by atomic mass is 32.2. The maximum Gasteiger partial charge on any atom is 0.343 e. The summed E-state index contributed by atoms with van der Waals surface area (Å²) in [6, 6.07) is 19.1. The standard InChI is InChI=1S/C28H25NO7S/c1-18-8-11-20(12-9-18)27(31)36-24-16-19(10-13-22(24)34-3)17-25-26(30)29(28(32)37-25)14-15-35-23-7-5-4-6-21(23)33-2/h4-13,16-17H,14-15H2,1-3H3/b25-17-. The van der Waals surface area contributed by atoms with Gasteiger partial charge < -0.3 is 18.9 Å². The van der Waals surface area contributed by atoms with Gasteiger partial charge in [0, 0.05) is 0 Å². The van der Waals surface area contributed by atoms with Crippen LogP contribution in [0.15, 0.2) is 71.6 Å². The number of para-hydroxylation sites is 2. The first kappa shape index (κ1) is 25.8. The zero-order valence-electron chi connectivity index (χ0n) is 20.6. The summed E-state index contributed by atoms with van der Waals surface area (Å²) in [4.78, 5) is 39.4. The van der Waals surface area contributed by atoms with E-state index in [9.17, 15) is 14.4 Å². The Bertz CT molecular complexity index is 1350. The molecule has 0 spiro atoms. The fraction of sp³-hybridized carbons (Fsp3) is 0.179. The number of carbonyl (C=O) groups excluding carboxylic acids is 3. The summed E-state index contributed by atoms with van der Waals surface area (Å²) in [5.74, 6) is 0.692. The van der Waals surface area contributed by atoms with Gasteiger partial charge in [0.15, 0.2) is 23.0 Å². The van der Waals surface area contributed by atoms with Gasteiger partial charge in [-0.2, -0.15) is 0 Å². The maximum atomic E-state index is 12.9. The molecule has 3 aromatic rings. The molecule has 4 rings (SSSR count). The molecule has 8 nitrogen and oxygen atoms in total. The quantitative estimate of drug-likeness (QED) is 0.212. The summed E-state index contributed by atoms with van der Waals surface area (Å²) in [6.07, 6.45) is 1.58. The lowest BCUT2D eigenvalue weighted by molar-refractivity contribution is -0.123. The highest BCUT2D eigenvalue weighted by Crippen LogP contribution is 2.35. The van der Waals surface area contributed by atoms with Gasteiger partial charge in [0.2, 0.25) is 0 Å². The van der Waals surface area contributed by atoms with Crippen LogP contribution in [0.25, 0.3) is 6.08 Å². The molecule has 3 aromatic carbocycles. The summed E-state index contributed by atoms with van der Waals surface area (Å²) in [7, 11) is 3.01. The zero-order chi connectivity index (χ0) is 26.4. The minimum Gasteiger partial charge on any atom is -0.493 e. The molecule has 1 saturated heterocycles. The topological polar surface area (TPSA) is 91.4 Å². The summed E-state index contributed by atoms with van der Waals surface area (Å²) in [5.41, 5.74) is 1.99. The van der Waals surface area contributed by atoms with Gasteiger partial charge in [-0.1, -0.05) is 35.9 Å². The van der Waals surface area contributed by atoms with Crippen molar-refractivity contribution in [2.75, 3.05) is 27.4 Å². The van der Waals surface area contributed by atoms with Crippen molar-refractivity contribution in [2.24, 2.45) is 0 Å². The molecule has 0 aromatic heterocycles. The van der Waals surface area contributed by atoms with Crippen LogP contribution in [0, 0.1) is 6.92 Å². The van der Waals surface area contributed by atoms with E-state index in [1.807, 2.05) is 31.2 Å². The lowest BCUT2D eigenvalue weighted by atomic mass is 10.1. The molecule has 0 radical (unpaired) electrons. The third-order valence-corrected chi connectivity index (χ3v) is 6.40. The van der Waals surface area contributed by atoms with Crippen molar-refractivity contribution in [3.05, 3.63) is 88.3 Å². The minimum absolute atomic E-state index is 0.0854. The number of ether oxygens (including phenoxy) is 4. The van der Waals surface area contributed by atoms with Crippen LogP contribution in [0.2, 0.25) is 0 Å². The van der Waals surface area contributed by atoms with Crippen LogP contribution < -0.4 is 18.9 Å². The van der Waals surface area contributed by atoms with E-state index < -0.39 is 11.9 Å². The van der Waals surface area contributed by atoms with Crippen LogP contribution in [0.4, 0.5) is 4.79 Å². The summed E-state index contributed by atoms with van der Waals surface area (Å²) < 4.78 is 21.8. The molecule has 1 fully saturated rings. The third-order valence-electron chi connectivity index (χ3n) is 5.49. The highest BCUT2D eigenvalue weighted by Gasteiger charge is 2.35. The molecule has 0 bridgehead atoms. The van der Waals surface area contributed by atoms with E-state index >= 15 is 0 Å². The Balaban J connectivity index is 1.45. The Morgan fingerprint density at radius 2 is 1.57 bits per heavy atom. The molecule has 2 amide bonds. The number of thioether (sulfide) groups is 1. The minimum atomic E-state index is -0.536. The van der Waals surface area contributed by atoms with Crippen LogP contribution >= 0.6 is 11.8 Å². The fourth-order valence-corrected chi connectivity index (χ4v) is 4.41. The lowest BCUT2D eigenvalue weighted by Crippen LogP contribution is -2.32. The molecule has 0 aliphatic carbocycles. The monoisotopic (exact) mass is 519 g/mol. The number of carbonyl (C=O) groups is 3. The van der Waals surface area contributed by atoms with Crippen molar-refractivity contribution in [1.29, 1.82) is 0 Å². The van der Waals surface area contributed by atoms with Gasteiger partial charge in [0.25, 0.3) is 11.1 Å². The zero-order valence-corrected chi connectivity index (χ0v) is 21.4. The van der Waals surface area contributed by atoms with E-state index in [2.05, 4.69) is 0 Å². The number of imide groups is 1. The first-order valence-corrected chi connectivity index (χ1v) is 12.2. The molecule has 1 aliphatic rings. The Morgan fingerprint density at radius 3 is 2.27 bits per heavy atom. The van der Waals surface area contributed by atoms with E-state index in [0.29, 0.717) is 28.4 Å². The SMILES string of the molecule is COc1ccccc1OCCN1C(=O)S/C(=C\c2ccc(OC)c(OC(=O)c3ccc(C)cc3)c2)C1=O. The molecule has 1 heterocycles. The summed E-state index contributed by atoms with van der Waals surface area (Å²) in [6.45, 7) is 2.13. The normalized spacial score (nSPS) is 14.1. The van der Waals surface area contributed by atoms with E-state index in [1.54, 1.807) is 48.5 Å². The molecule has 9 heteroatoms. The van der Waals surface area contributed by atoms with Gasteiger partial charge in [0.1, 0.15) is 6.61 Å². The highest BCUT2D eigenvalue weighted by molar-refractivity contribution is 8.18. The van der Waals surface area contributed by atoms with Crippen molar-refractivity contribution < 1.29 is 33.3 Å². The lowest BCUT2D eigenvalue weighted by Gasteiger charge is -2.14. The first-order chi connectivity index (χ1) is 17.9. The Morgan fingerprint density at radius 1 is 0.892 bits per heavy atom. The second-order valence-corrected chi connectivity index (χ2v) is 8.99. The van der Waals surface area contributed by atoms with Crippen LogP contribution in [-0.4, -0.2) is 49.4 Å². The van der Waals surface area contributed by atoms with Gasteiger partial charge in [-0.05, 0) is 66.7 Å². The van der Waals surface area contributed by atoms with E-state index in [1.165, 1.54) is 14.2 Å². The molecule has 0 saturated carbocycles. The van der Waals surface area contributed by atoms with Crippen LogP contribution in [0.5, 0.6) is 23.0 Å². The smallest absolute Gasteiger partial charge is 0.343 e. The average molecular weight is 520 g/mol. The second-order valence-electron chi connectivity index (χ2n) is 8.00. The third kappa shape index (κ3) is 6.13. The van der Waals surface area contributed by atoms with Gasteiger partial charge in [0.05, 0.1) is 31.2 Å². The number of rotatable bonds is 9. The number of aryl methyl sites for hydroxylation is 1. The molecular formula is C28H25NO7S. The van der Waals surface area contributed by atoms with E-state index in [-0.39, 0.29) is 29.0 Å². The number of methoxy groups -OCH3 is 2. The van der Waals surface area contributed by atoms with Crippen molar-refractivity contribution in [3.63, 3.8) is 0 Å². The van der Waals surface area contributed by atoms with Crippen LogP contribution in [0.1, 0.15) is 21.5 Å². The van der Waals surface area contributed by atoms with Crippen molar-refractivity contribution in [3.8, 4) is 23.0 Å². The summed E-state index contributed by atoms with van der Waals surface area (Å²) >= 11 is 0.838. The van der Waals surface area contributed by atoms with Crippen LogP contribution in [0.3, 0.4) is 0 Å². The van der Waals surface area contributed by atoms with E-state index in [4.69, 9.17) is 18.9 Å². The molecule has 1 aliphatic heterocycles. The first-order valence-electron chi connectivity index (χ1n) is 11.4.